The highest BCUT2D eigenvalue weighted by Gasteiger charge is 2.57. The van der Waals surface area contributed by atoms with Crippen LogP contribution in [-0.2, 0) is 0 Å². The fraction of sp³-hybridized carbons (Fsp3) is 1.00. The van der Waals surface area contributed by atoms with Gasteiger partial charge in [-0.05, 0) is 19.3 Å². The molecular weight excluding hydrogens is 142 g/mol. The summed E-state index contributed by atoms with van der Waals surface area (Å²) in [6, 6.07) is 0. The smallest absolute Gasteiger partial charge is 0.225 e. The van der Waals surface area contributed by atoms with E-state index in [-0.39, 0.29) is 4.92 Å². The molecule has 2 saturated carbocycles. The zero-order valence-electron chi connectivity index (χ0n) is 6.58. The molecular formula is C8H13NO2. The SMILES string of the molecule is O=[N+]([O-])C12CCCCC1CC2. The average Bonchev–Trinajstić information content (AvgIpc) is 1.91. The van der Waals surface area contributed by atoms with Crippen LogP contribution < -0.4 is 0 Å². The molecule has 0 aromatic carbocycles. The van der Waals surface area contributed by atoms with Crippen LogP contribution in [0.1, 0.15) is 38.5 Å². The Morgan fingerprint density at radius 1 is 1.27 bits per heavy atom. The van der Waals surface area contributed by atoms with Crippen LogP contribution in [0.5, 0.6) is 0 Å². The van der Waals surface area contributed by atoms with Crippen LogP contribution in [0.2, 0.25) is 0 Å². The van der Waals surface area contributed by atoms with Crippen LogP contribution in [-0.4, -0.2) is 10.5 Å². The van der Waals surface area contributed by atoms with Gasteiger partial charge in [-0.25, -0.2) is 0 Å². The molecule has 2 unspecified atom stereocenters. The Bertz CT molecular complexity index is 193. The van der Waals surface area contributed by atoms with Crippen LogP contribution >= 0.6 is 0 Å². The van der Waals surface area contributed by atoms with E-state index < -0.39 is 5.54 Å². The monoisotopic (exact) mass is 155 g/mol. The van der Waals surface area contributed by atoms with E-state index in [1.54, 1.807) is 0 Å². The molecule has 0 bridgehead atoms. The zero-order chi connectivity index (χ0) is 7.90. The largest absolute Gasteiger partial charge is 0.264 e. The van der Waals surface area contributed by atoms with E-state index in [1.807, 2.05) is 0 Å². The summed E-state index contributed by atoms with van der Waals surface area (Å²) in [5, 5.41) is 10.7. The molecule has 0 N–H and O–H groups in total. The van der Waals surface area contributed by atoms with Crippen LogP contribution in [0.15, 0.2) is 0 Å². The fourth-order valence-corrected chi connectivity index (χ4v) is 2.58. The summed E-state index contributed by atoms with van der Waals surface area (Å²) < 4.78 is 0. The first-order valence-corrected chi connectivity index (χ1v) is 4.40. The van der Waals surface area contributed by atoms with E-state index in [4.69, 9.17) is 0 Å². The normalized spacial score (nSPS) is 42.4. The first kappa shape index (κ1) is 7.07. The number of hydrogen-bond donors (Lipinski definition) is 0. The topological polar surface area (TPSA) is 43.1 Å². The molecule has 2 aliphatic rings. The van der Waals surface area contributed by atoms with E-state index in [9.17, 15) is 10.1 Å². The van der Waals surface area contributed by atoms with E-state index >= 15 is 0 Å². The second-order valence-corrected chi connectivity index (χ2v) is 3.84. The van der Waals surface area contributed by atoms with Gasteiger partial charge < -0.3 is 0 Å². The highest BCUT2D eigenvalue weighted by Crippen LogP contribution is 2.50. The van der Waals surface area contributed by atoms with Gasteiger partial charge in [0.2, 0.25) is 5.54 Å². The lowest BCUT2D eigenvalue weighted by molar-refractivity contribution is -0.603. The lowest BCUT2D eigenvalue weighted by Gasteiger charge is -2.44. The van der Waals surface area contributed by atoms with Crippen LogP contribution in [0, 0.1) is 16.0 Å². The molecule has 2 atom stereocenters. The van der Waals surface area contributed by atoms with Crippen molar-refractivity contribution < 1.29 is 4.92 Å². The number of nitro groups is 1. The first-order chi connectivity index (χ1) is 5.26. The Labute approximate surface area is 65.9 Å². The van der Waals surface area contributed by atoms with Crippen molar-refractivity contribution in [3.05, 3.63) is 10.1 Å². The Hall–Kier alpha value is -0.600. The van der Waals surface area contributed by atoms with E-state index in [0.717, 1.165) is 32.1 Å². The predicted molar refractivity (Wildman–Crippen MR) is 40.9 cm³/mol. The van der Waals surface area contributed by atoms with Gasteiger partial charge in [-0.1, -0.05) is 6.42 Å². The molecule has 0 aromatic rings. The average molecular weight is 155 g/mol. The summed E-state index contributed by atoms with van der Waals surface area (Å²) in [6.07, 6.45) is 6.15. The highest BCUT2D eigenvalue weighted by atomic mass is 16.6. The molecule has 3 nitrogen and oxygen atoms in total. The van der Waals surface area contributed by atoms with Gasteiger partial charge in [-0.3, -0.25) is 10.1 Å². The summed E-state index contributed by atoms with van der Waals surface area (Å²) in [5.74, 6) is 0.422. The molecule has 2 aliphatic carbocycles. The second-order valence-electron chi connectivity index (χ2n) is 3.84. The van der Waals surface area contributed by atoms with Crippen molar-refractivity contribution in [2.24, 2.45) is 5.92 Å². The van der Waals surface area contributed by atoms with Crippen molar-refractivity contribution in [1.82, 2.24) is 0 Å². The van der Waals surface area contributed by atoms with E-state index in [2.05, 4.69) is 0 Å². The third-order valence-corrected chi connectivity index (χ3v) is 3.46. The second kappa shape index (κ2) is 2.19. The highest BCUT2D eigenvalue weighted by molar-refractivity contribution is 4.98. The van der Waals surface area contributed by atoms with Crippen LogP contribution in [0.25, 0.3) is 0 Å². The minimum absolute atomic E-state index is 0.0136. The molecule has 11 heavy (non-hydrogen) atoms. The third kappa shape index (κ3) is 0.798. The molecule has 0 radical (unpaired) electrons. The lowest BCUT2D eigenvalue weighted by Crippen LogP contribution is -2.55. The molecule has 0 aromatic heterocycles. The number of nitrogens with zero attached hydrogens (tertiary/aromatic N) is 1. The van der Waals surface area contributed by atoms with Crippen molar-refractivity contribution in [1.29, 1.82) is 0 Å². The van der Waals surface area contributed by atoms with Gasteiger partial charge in [0.05, 0.1) is 0 Å². The molecule has 2 rings (SSSR count). The molecule has 62 valence electrons. The summed E-state index contributed by atoms with van der Waals surface area (Å²) in [4.78, 5) is 10.7. The molecule has 0 saturated heterocycles. The van der Waals surface area contributed by atoms with Crippen molar-refractivity contribution in [2.45, 2.75) is 44.1 Å². The maximum Gasteiger partial charge on any atom is 0.225 e. The Balaban J connectivity index is 2.15. The van der Waals surface area contributed by atoms with Gasteiger partial charge in [0.1, 0.15) is 0 Å². The lowest BCUT2D eigenvalue weighted by atomic mass is 9.60. The summed E-state index contributed by atoms with van der Waals surface area (Å²) in [6.45, 7) is 0. The zero-order valence-corrected chi connectivity index (χ0v) is 6.58. The minimum Gasteiger partial charge on any atom is -0.264 e. The predicted octanol–water partition coefficient (Wildman–Crippen LogP) is 1.99. The minimum atomic E-state index is -0.460. The first-order valence-electron chi connectivity index (χ1n) is 4.40. The van der Waals surface area contributed by atoms with Gasteiger partial charge in [0.15, 0.2) is 0 Å². The van der Waals surface area contributed by atoms with Gasteiger partial charge in [0, 0.05) is 23.7 Å². The maximum absolute atomic E-state index is 10.7. The van der Waals surface area contributed by atoms with Crippen LogP contribution in [0.3, 0.4) is 0 Å². The van der Waals surface area contributed by atoms with Crippen molar-refractivity contribution >= 4 is 0 Å². The quantitative estimate of drug-likeness (QED) is 0.429. The van der Waals surface area contributed by atoms with Crippen molar-refractivity contribution in [2.75, 3.05) is 0 Å². The van der Waals surface area contributed by atoms with Gasteiger partial charge in [-0.2, -0.15) is 0 Å². The Morgan fingerprint density at radius 2 is 2.09 bits per heavy atom. The van der Waals surface area contributed by atoms with Crippen LogP contribution in [0.4, 0.5) is 0 Å². The summed E-state index contributed by atoms with van der Waals surface area (Å²) in [7, 11) is 0. The molecule has 0 heterocycles. The third-order valence-electron chi connectivity index (χ3n) is 3.46. The maximum atomic E-state index is 10.7. The van der Waals surface area contributed by atoms with Crippen molar-refractivity contribution in [3.8, 4) is 0 Å². The standard InChI is InChI=1S/C8H13NO2/c10-9(11)8-5-2-1-3-7(8)4-6-8/h7H,1-6H2. The summed E-state index contributed by atoms with van der Waals surface area (Å²) >= 11 is 0. The molecule has 0 amide bonds. The number of hydrogen-bond acceptors (Lipinski definition) is 2. The summed E-state index contributed by atoms with van der Waals surface area (Å²) in [5.41, 5.74) is -0.460. The molecule has 3 heteroatoms. The molecule has 0 spiro atoms. The number of rotatable bonds is 1. The number of fused-ring (bicyclic) bond motifs is 1. The van der Waals surface area contributed by atoms with Gasteiger partial charge in [-0.15, -0.1) is 0 Å². The van der Waals surface area contributed by atoms with Crippen molar-refractivity contribution in [3.63, 3.8) is 0 Å². The van der Waals surface area contributed by atoms with Gasteiger partial charge in [0.25, 0.3) is 0 Å². The van der Waals surface area contributed by atoms with Gasteiger partial charge >= 0.3 is 0 Å². The van der Waals surface area contributed by atoms with E-state index in [0.29, 0.717) is 5.92 Å². The molecule has 0 aliphatic heterocycles. The fourth-order valence-electron chi connectivity index (χ4n) is 2.58. The molecule has 2 fully saturated rings. The van der Waals surface area contributed by atoms with E-state index in [1.165, 1.54) is 6.42 Å². The Kier molecular flexibility index (Phi) is 1.41. The Morgan fingerprint density at radius 3 is 2.45 bits per heavy atom.